The fourth-order valence-electron chi connectivity index (χ4n) is 0.713. The van der Waals surface area contributed by atoms with Crippen LogP contribution >= 0.6 is 0 Å². The van der Waals surface area contributed by atoms with Crippen LogP contribution in [-0.4, -0.2) is 18.9 Å². The highest BCUT2D eigenvalue weighted by molar-refractivity contribution is 5.50. The molecular formula is C8H16NO. The number of nitrogens with one attached hydrogen (secondary N) is 1. The van der Waals surface area contributed by atoms with E-state index in [9.17, 15) is 4.79 Å². The summed E-state index contributed by atoms with van der Waals surface area (Å²) in [5.74, 6) is 0. The molecule has 0 atom stereocenters. The zero-order chi connectivity index (χ0) is 7.82. The Labute approximate surface area is 63.0 Å². The second-order valence-corrected chi connectivity index (χ2v) is 2.71. The van der Waals surface area contributed by atoms with Crippen LogP contribution in [0.4, 0.5) is 0 Å². The van der Waals surface area contributed by atoms with Crippen molar-refractivity contribution in [2.75, 3.05) is 6.54 Å². The van der Waals surface area contributed by atoms with E-state index in [4.69, 9.17) is 0 Å². The van der Waals surface area contributed by atoms with E-state index in [-0.39, 0.29) is 0 Å². The average Bonchev–Trinajstić information content (AvgIpc) is 1.87. The molecule has 0 aromatic rings. The Kier molecular flexibility index (Phi) is 6.50. The molecule has 0 aliphatic carbocycles. The summed E-state index contributed by atoms with van der Waals surface area (Å²) in [5.41, 5.74) is 0. The molecule has 0 unspecified atom stereocenters. The molecule has 0 spiro atoms. The van der Waals surface area contributed by atoms with E-state index in [1.165, 1.54) is 0 Å². The highest BCUT2D eigenvalue weighted by Crippen LogP contribution is 1.90. The summed E-state index contributed by atoms with van der Waals surface area (Å²) in [4.78, 5) is 9.76. The molecule has 0 aliphatic rings. The van der Waals surface area contributed by atoms with Gasteiger partial charge in [0.25, 0.3) is 0 Å². The largest absolute Gasteiger partial charge is 0.315 e. The third-order valence-corrected chi connectivity index (χ3v) is 1.26. The van der Waals surface area contributed by atoms with Gasteiger partial charge in [0.2, 0.25) is 0 Å². The van der Waals surface area contributed by atoms with Gasteiger partial charge in [0.05, 0.1) is 0 Å². The topological polar surface area (TPSA) is 29.1 Å². The fourth-order valence-corrected chi connectivity index (χ4v) is 0.713. The van der Waals surface area contributed by atoms with Gasteiger partial charge >= 0.3 is 0 Å². The van der Waals surface area contributed by atoms with E-state index in [1.807, 2.05) is 6.29 Å². The van der Waals surface area contributed by atoms with E-state index in [0.29, 0.717) is 12.5 Å². The number of hydrogen-bond donors (Lipinski definition) is 1. The molecule has 0 saturated carbocycles. The molecule has 2 nitrogen and oxygen atoms in total. The van der Waals surface area contributed by atoms with Gasteiger partial charge in [-0.15, -0.1) is 0 Å². The van der Waals surface area contributed by atoms with E-state index < -0.39 is 0 Å². The van der Waals surface area contributed by atoms with Crippen LogP contribution in [0.5, 0.6) is 0 Å². The second kappa shape index (κ2) is 6.75. The Morgan fingerprint density at radius 1 is 1.40 bits per heavy atom. The van der Waals surface area contributed by atoms with Crippen molar-refractivity contribution in [2.45, 2.75) is 39.2 Å². The smallest absolute Gasteiger partial charge is 0.198 e. The summed E-state index contributed by atoms with van der Waals surface area (Å²) in [6.07, 6.45) is 4.50. The predicted octanol–water partition coefficient (Wildman–Crippen LogP) is 1.26. The molecule has 0 aromatic heterocycles. The number of hydrogen-bond acceptors (Lipinski definition) is 2. The maximum atomic E-state index is 9.76. The first kappa shape index (κ1) is 9.63. The van der Waals surface area contributed by atoms with E-state index >= 15 is 0 Å². The van der Waals surface area contributed by atoms with Crippen molar-refractivity contribution >= 4 is 6.29 Å². The van der Waals surface area contributed by atoms with Crippen molar-refractivity contribution in [3.05, 3.63) is 0 Å². The first-order valence-corrected chi connectivity index (χ1v) is 3.85. The SMILES string of the molecule is CC(C)NCCCC[C]=O. The van der Waals surface area contributed by atoms with Gasteiger partial charge < -0.3 is 5.32 Å². The first-order valence-electron chi connectivity index (χ1n) is 3.85. The van der Waals surface area contributed by atoms with Crippen LogP contribution in [0.2, 0.25) is 0 Å². The van der Waals surface area contributed by atoms with Crippen molar-refractivity contribution in [3.8, 4) is 0 Å². The summed E-state index contributed by atoms with van der Waals surface area (Å²) in [6, 6.07) is 0.556. The molecule has 0 rings (SSSR count). The Bertz CT molecular complexity index is 81.3. The van der Waals surface area contributed by atoms with Gasteiger partial charge in [0.15, 0.2) is 6.29 Å². The normalized spacial score (nSPS) is 10.3. The van der Waals surface area contributed by atoms with Crippen LogP contribution in [0.1, 0.15) is 33.1 Å². The summed E-state index contributed by atoms with van der Waals surface area (Å²) < 4.78 is 0. The lowest BCUT2D eigenvalue weighted by Crippen LogP contribution is -2.23. The minimum atomic E-state index is 0.556. The predicted molar refractivity (Wildman–Crippen MR) is 42.7 cm³/mol. The van der Waals surface area contributed by atoms with Crippen LogP contribution in [-0.2, 0) is 4.79 Å². The van der Waals surface area contributed by atoms with E-state index in [2.05, 4.69) is 19.2 Å². The molecule has 0 amide bonds. The summed E-state index contributed by atoms with van der Waals surface area (Å²) >= 11 is 0. The Hall–Kier alpha value is -0.370. The zero-order valence-electron chi connectivity index (χ0n) is 6.81. The highest BCUT2D eigenvalue weighted by Gasteiger charge is 1.90. The monoisotopic (exact) mass is 142 g/mol. The third-order valence-electron chi connectivity index (χ3n) is 1.26. The third kappa shape index (κ3) is 7.63. The minimum Gasteiger partial charge on any atom is -0.315 e. The summed E-state index contributed by atoms with van der Waals surface area (Å²) in [5, 5.41) is 3.27. The van der Waals surface area contributed by atoms with Crippen molar-refractivity contribution < 1.29 is 4.79 Å². The van der Waals surface area contributed by atoms with Crippen LogP contribution in [0, 0.1) is 0 Å². The number of unbranched alkanes of at least 4 members (excludes halogenated alkanes) is 2. The molecule has 59 valence electrons. The van der Waals surface area contributed by atoms with Gasteiger partial charge in [-0.05, 0) is 19.4 Å². The maximum absolute atomic E-state index is 9.76. The molecule has 0 aliphatic heterocycles. The van der Waals surface area contributed by atoms with Crippen molar-refractivity contribution in [1.82, 2.24) is 5.32 Å². The van der Waals surface area contributed by atoms with E-state index in [0.717, 1.165) is 19.4 Å². The van der Waals surface area contributed by atoms with Crippen LogP contribution in [0.3, 0.4) is 0 Å². The number of rotatable bonds is 6. The fraction of sp³-hybridized carbons (Fsp3) is 0.875. The van der Waals surface area contributed by atoms with Crippen LogP contribution in [0.15, 0.2) is 0 Å². The lowest BCUT2D eigenvalue weighted by atomic mass is 10.2. The van der Waals surface area contributed by atoms with Crippen molar-refractivity contribution in [1.29, 1.82) is 0 Å². The lowest BCUT2D eigenvalue weighted by Gasteiger charge is -2.05. The van der Waals surface area contributed by atoms with Crippen LogP contribution < -0.4 is 5.32 Å². The molecule has 0 aromatic carbocycles. The van der Waals surface area contributed by atoms with Crippen molar-refractivity contribution in [3.63, 3.8) is 0 Å². The summed E-state index contributed by atoms with van der Waals surface area (Å²) in [7, 11) is 0. The van der Waals surface area contributed by atoms with Gasteiger partial charge in [-0.1, -0.05) is 13.8 Å². The summed E-state index contributed by atoms with van der Waals surface area (Å²) in [6.45, 7) is 5.25. The molecule has 0 saturated heterocycles. The quantitative estimate of drug-likeness (QED) is 0.566. The molecule has 1 radical (unpaired) electrons. The molecule has 2 heteroatoms. The molecule has 0 bridgehead atoms. The second-order valence-electron chi connectivity index (χ2n) is 2.71. The molecular weight excluding hydrogens is 126 g/mol. The minimum absolute atomic E-state index is 0.556. The number of carbonyl (C=O) groups excluding carboxylic acids is 1. The van der Waals surface area contributed by atoms with Gasteiger partial charge in [0.1, 0.15) is 0 Å². The zero-order valence-corrected chi connectivity index (χ0v) is 6.81. The molecule has 0 heterocycles. The maximum Gasteiger partial charge on any atom is 0.198 e. The van der Waals surface area contributed by atoms with Gasteiger partial charge in [0, 0.05) is 12.5 Å². The first-order chi connectivity index (χ1) is 4.77. The van der Waals surface area contributed by atoms with Crippen molar-refractivity contribution in [2.24, 2.45) is 0 Å². The lowest BCUT2D eigenvalue weighted by molar-refractivity contribution is 0.535. The Morgan fingerprint density at radius 3 is 2.60 bits per heavy atom. The van der Waals surface area contributed by atoms with E-state index in [1.54, 1.807) is 0 Å². The highest BCUT2D eigenvalue weighted by atomic mass is 16.1. The average molecular weight is 142 g/mol. The van der Waals surface area contributed by atoms with Gasteiger partial charge in [-0.3, -0.25) is 4.79 Å². The molecule has 0 fully saturated rings. The standard InChI is InChI=1S/C8H16NO/c1-8(2)9-6-4-3-5-7-10/h8-9H,3-6H2,1-2H3. The van der Waals surface area contributed by atoms with Gasteiger partial charge in [-0.2, -0.15) is 0 Å². The van der Waals surface area contributed by atoms with Gasteiger partial charge in [-0.25, -0.2) is 0 Å². The van der Waals surface area contributed by atoms with Crippen LogP contribution in [0.25, 0.3) is 0 Å². The molecule has 10 heavy (non-hydrogen) atoms. The Balaban J connectivity index is 2.83. The Morgan fingerprint density at radius 2 is 2.10 bits per heavy atom. The molecule has 1 N–H and O–H groups in total.